The number of nitro benzene ring substituents is 1. The molecule has 1 aliphatic rings. The zero-order valence-corrected chi connectivity index (χ0v) is 23.5. The van der Waals surface area contributed by atoms with Crippen LogP contribution in [0.25, 0.3) is 0 Å². The Hall–Kier alpha value is -2.17. The summed E-state index contributed by atoms with van der Waals surface area (Å²) in [5.41, 5.74) is 2.00. The first-order valence-electron chi connectivity index (χ1n) is 12.0. The molecule has 192 valence electrons. The highest BCUT2D eigenvalue weighted by Crippen LogP contribution is 2.49. The Kier molecular flexibility index (Phi) is 10.2. The van der Waals surface area contributed by atoms with Gasteiger partial charge in [0.15, 0.2) is 0 Å². The largest absolute Gasteiger partial charge is 0.367 e. The van der Waals surface area contributed by atoms with Gasteiger partial charge in [-0.05, 0) is 35.9 Å². The number of hydrogen-bond acceptors (Lipinski definition) is 4. The number of nitrogens with one attached hydrogen (secondary N) is 1. The molecular weight excluding hydrogens is 512 g/mol. The number of hydrogen-bond donors (Lipinski definition) is 1. The van der Waals surface area contributed by atoms with Crippen LogP contribution in [0.1, 0.15) is 5.56 Å². The lowest BCUT2D eigenvalue weighted by atomic mass is 9.89. The summed E-state index contributed by atoms with van der Waals surface area (Å²) >= 11 is 13.0. The van der Waals surface area contributed by atoms with E-state index >= 15 is 0 Å². The van der Waals surface area contributed by atoms with Crippen LogP contribution in [-0.4, -0.2) is 50.2 Å². The third-order valence-electron chi connectivity index (χ3n) is 6.35. The van der Waals surface area contributed by atoms with Crippen LogP contribution in [0, 0.1) is 22.0 Å². The van der Waals surface area contributed by atoms with E-state index in [4.69, 9.17) is 23.2 Å². The predicted octanol–water partition coefficient (Wildman–Crippen LogP) is 7.23. The third-order valence-corrected chi connectivity index (χ3v) is 8.50. The first kappa shape index (κ1) is 28.4. The quantitative estimate of drug-likeness (QED) is 0.140. The number of halogens is 2. The van der Waals surface area contributed by atoms with E-state index in [0.717, 1.165) is 35.5 Å². The van der Waals surface area contributed by atoms with Crippen LogP contribution in [0.15, 0.2) is 84.4 Å². The molecule has 0 saturated carbocycles. The molecule has 0 aliphatic carbocycles. The van der Waals surface area contributed by atoms with Gasteiger partial charge in [0.2, 0.25) is 0 Å². The van der Waals surface area contributed by atoms with E-state index in [2.05, 4.69) is 36.8 Å². The van der Waals surface area contributed by atoms with Gasteiger partial charge in [0.05, 0.1) is 11.1 Å². The molecular formula is C28H35Cl2N3O2P+. The molecule has 0 radical (unpaired) electrons. The van der Waals surface area contributed by atoms with E-state index < -0.39 is 7.26 Å². The normalized spacial score (nSPS) is 20.6. The van der Waals surface area contributed by atoms with Gasteiger partial charge < -0.3 is 10.2 Å². The summed E-state index contributed by atoms with van der Waals surface area (Å²) in [6, 6.07) is 15.0. The molecule has 1 fully saturated rings. The Morgan fingerprint density at radius 1 is 1.22 bits per heavy atom. The second-order valence-corrected chi connectivity index (χ2v) is 16.0. The van der Waals surface area contributed by atoms with E-state index in [-0.39, 0.29) is 22.4 Å². The van der Waals surface area contributed by atoms with Crippen molar-refractivity contribution in [2.75, 3.05) is 44.1 Å². The molecule has 0 aromatic heterocycles. The van der Waals surface area contributed by atoms with Crippen LogP contribution < -0.4 is 10.2 Å². The van der Waals surface area contributed by atoms with Crippen molar-refractivity contribution < 1.29 is 4.92 Å². The van der Waals surface area contributed by atoms with E-state index in [0.29, 0.717) is 17.6 Å². The van der Waals surface area contributed by atoms with Crippen LogP contribution in [-0.2, 0) is 6.54 Å². The maximum atomic E-state index is 11.4. The standard InChI is InChI=1S/C28H35Cl2N3O2P/c1-5-6-7-11-27(30)25-17-31-28(20-36(2,3)4)26(25)19-32(23-14-12-22(29)13-15-23)18-21-9-8-10-24(16-21)33(34)35/h5-16,25-26,28,31H,1,17-20H2,2-4H3/q+1/b7-6-,27-11-. The molecule has 1 aliphatic heterocycles. The fourth-order valence-corrected chi connectivity index (χ4v) is 6.73. The monoisotopic (exact) mass is 546 g/mol. The zero-order chi connectivity index (χ0) is 26.3. The van der Waals surface area contributed by atoms with Crippen LogP contribution >= 0.6 is 30.5 Å². The maximum absolute atomic E-state index is 11.4. The third kappa shape index (κ3) is 8.18. The lowest BCUT2D eigenvalue weighted by Crippen LogP contribution is -2.40. The topological polar surface area (TPSA) is 58.4 Å². The van der Waals surface area contributed by atoms with E-state index in [1.807, 2.05) is 48.6 Å². The SMILES string of the molecule is C=C/C=C\C=C(/Cl)C1CNC(C[P+](C)(C)C)C1CN(Cc1cccc([N+](=O)[O-])c1)c1ccc(Cl)cc1. The van der Waals surface area contributed by atoms with E-state index in [9.17, 15) is 10.1 Å². The Labute approximate surface area is 225 Å². The van der Waals surface area contributed by atoms with Crippen molar-refractivity contribution in [3.8, 4) is 0 Å². The highest BCUT2D eigenvalue weighted by molar-refractivity contribution is 7.73. The molecule has 0 spiro atoms. The highest BCUT2D eigenvalue weighted by atomic mass is 35.5. The van der Waals surface area contributed by atoms with Crippen molar-refractivity contribution in [3.05, 3.63) is 105 Å². The van der Waals surface area contributed by atoms with Crippen LogP contribution in [0.5, 0.6) is 0 Å². The van der Waals surface area contributed by atoms with Gasteiger partial charge in [0, 0.05) is 92.6 Å². The van der Waals surface area contributed by atoms with Crippen molar-refractivity contribution in [1.82, 2.24) is 5.32 Å². The molecule has 0 amide bonds. The second kappa shape index (κ2) is 12.9. The van der Waals surface area contributed by atoms with Gasteiger partial charge in [-0.1, -0.05) is 60.1 Å². The van der Waals surface area contributed by atoms with E-state index in [1.54, 1.807) is 18.2 Å². The number of allylic oxidation sites excluding steroid dienone is 4. The zero-order valence-electron chi connectivity index (χ0n) is 21.1. The van der Waals surface area contributed by atoms with E-state index in [1.165, 1.54) is 6.07 Å². The second-order valence-electron chi connectivity index (χ2n) is 10.2. The van der Waals surface area contributed by atoms with Crippen molar-refractivity contribution in [2.45, 2.75) is 12.6 Å². The highest BCUT2D eigenvalue weighted by Gasteiger charge is 2.42. The van der Waals surface area contributed by atoms with Crippen molar-refractivity contribution in [3.63, 3.8) is 0 Å². The molecule has 3 unspecified atom stereocenters. The molecule has 5 nitrogen and oxygen atoms in total. The van der Waals surface area contributed by atoms with Crippen molar-refractivity contribution >= 4 is 41.8 Å². The maximum Gasteiger partial charge on any atom is 0.269 e. The minimum absolute atomic E-state index is 0.0966. The van der Waals surface area contributed by atoms with Crippen LogP contribution in [0.2, 0.25) is 5.02 Å². The summed E-state index contributed by atoms with van der Waals surface area (Å²) in [5, 5.41) is 16.6. The minimum atomic E-state index is -1.05. The fourth-order valence-electron chi connectivity index (χ4n) is 4.71. The fraction of sp³-hybridized carbons (Fsp3) is 0.357. The molecule has 3 rings (SSSR count). The molecule has 1 heterocycles. The predicted molar refractivity (Wildman–Crippen MR) is 157 cm³/mol. The Morgan fingerprint density at radius 2 is 1.94 bits per heavy atom. The van der Waals surface area contributed by atoms with Gasteiger partial charge in [0.25, 0.3) is 5.69 Å². The summed E-state index contributed by atoms with van der Waals surface area (Å²) < 4.78 is 0. The first-order valence-corrected chi connectivity index (χ1v) is 16.1. The molecule has 36 heavy (non-hydrogen) atoms. The van der Waals surface area contributed by atoms with Gasteiger partial charge in [0.1, 0.15) is 0 Å². The molecule has 0 bridgehead atoms. The molecule has 2 aromatic rings. The molecule has 8 heteroatoms. The minimum Gasteiger partial charge on any atom is -0.367 e. The number of anilines is 1. The van der Waals surface area contributed by atoms with Gasteiger partial charge >= 0.3 is 0 Å². The molecule has 1 saturated heterocycles. The lowest BCUT2D eigenvalue weighted by Gasteiger charge is -2.33. The molecule has 3 atom stereocenters. The average Bonchev–Trinajstić information content (AvgIpc) is 3.20. The van der Waals surface area contributed by atoms with Gasteiger partial charge in [-0.3, -0.25) is 10.1 Å². The Morgan fingerprint density at radius 3 is 2.58 bits per heavy atom. The van der Waals surface area contributed by atoms with Crippen LogP contribution in [0.3, 0.4) is 0 Å². The summed E-state index contributed by atoms with van der Waals surface area (Å²) in [7, 11) is -1.05. The number of rotatable bonds is 11. The average molecular weight is 547 g/mol. The van der Waals surface area contributed by atoms with Crippen LogP contribution in [0.4, 0.5) is 11.4 Å². The smallest absolute Gasteiger partial charge is 0.269 e. The Bertz CT molecular complexity index is 1110. The van der Waals surface area contributed by atoms with Gasteiger partial charge in [-0.2, -0.15) is 0 Å². The summed E-state index contributed by atoms with van der Waals surface area (Å²) in [6.45, 7) is 12.9. The van der Waals surface area contributed by atoms with Gasteiger partial charge in [-0.25, -0.2) is 0 Å². The summed E-state index contributed by atoms with van der Waals surface area (Å²) in [5.74, 6) is 0.428. The Balaban J connectivity index is 1.97. The van der Waals surface area contributed by atoms with Crippen molar-refractivity contribution in [1.29, 1.82) is 0 Å². The summed E-state index contributed by atoms with van der Waals surface area (Å²) in [6.07, 6.45) is 8.62. The number of nitrogens with zero attached hydrogens (tertiary/aromatic N) is 2. The molecule has 2 aromatic carbocycles. The molecule has 1 N–H and O–H groups in total. The van der Waals surface area contributed by atoms with Gasteiger partial charge in [-0.15, -0.1) is 0 Å². The number of nitro groups is 1. The van der Waals surface area contributed by atoms with Crippen molar-refractivity contribution in [2.24, 2.45) is 11.8 Å². The lowest BCUT2D eigenvalue weighted by molar-refractivity contribution is -0.384. The summed E-state index contributed by atoms with van der Waals surface area (Å²) in [4.78, 5) is 13.3. The number of benzene rings is 2. The first-order chi connectivity index (χ1) is 17.1. The number of non-ortho nitro benzene ring substituents is 1.